The Morgan fingerprint density at radius 2 is 1.76 bits per heavy atom. The third-order valence-electron chi connectivity index (χ3n) is 2.49. The third kappa shape index (κ3) is 3.09. The summed E-state index contributed by atoms with van der Waals surface area (Å²) in [5.41, 5.74) is 6.83. The van der Waals surface area contributed by atoms with Crippen molar-refractivity contribution >= 4 is 0 Å². The Kier molecular flexibility index (Phi) is 3.98. The van der Waals surface area contributed by atoms with Crippen LogP contribution in [0.25, 0.3) is 0 Å². The van der Waals surface area contributed by atoms with Crippen LogP contribution >= 0.6 is 0 Å². The maximum Gasteiger partial charge on any atom is 0.197 e. The molecule has 0 aliphatic carbocycles. The molecule has 0 bridgehead atoms. The van der Waals surface area contributed by atoms with E-state index in [2.05, 4.69) is 0 Å². The molecule has 0 radical (unpaired) electrons. The molecular weight excluding hydrogens is 221 g/mol. The maximum absolute atomic E-state index is 14.2. The predicted octanol–water partition coefficient (Wildman–Crippen LogP) is 2.43. The molecule has 0 aromatic heterocycles. The quantitative estimate of drug-likeness (QED) is 0.880. The van der Waals surface area contributed by atoms with Crippen LogP contribution in [0.4, 0.5) is 4.39 Å². The summed E-state index contributed by atoms with van der Waals surface area (Å²) in [7, 11) is 2.93. The minimum Gasteiger partial charge on any atom is -0.492 e. The molecule has 17 heavy (non-hydrogen) atoms. The summed E-state index contributed by atoms with van der Waals surface area (Å²) in [6.45, 7) is 5.57. The number of methoxy groups -OCH3 is 2. The fourth-order valence-corrected chi connectivity index (χ4v) is 1.87. The highest BCUT2D eigenvalue weighted by atomic mass is 19.1. The maximum atomic E-state index is 14.2. The Balaban J connectivity index is 3.30. The molecule has 0 aliphatic heterocycles. The van der Waals surface area contributed by atoms with Gasteiger partial charge in [0.25, 0.3) is 0 Å². The van der Waals surface area contributed by atoms with E-state index in [0.717, 1.165) is 5.56 Å². The van der Waals surface area contributed by atoms with Crippen molar-refractivity contribution in [1.82, 2.24) is 0 Å². The average molecular weight is 241 g/mol. The van der Waals surface area contributed by atoms with Crippen LogP contribution in [0.5, 0.6) is 11.5 Å². The molecular formula is C13H20FNO2. The van der Waals surface area contributed by atoms with Gasteiger partial charge in [-0.15, -0.1) is 0 Å². The molecule has 0 atom stereocenters. The molecule has 0 fully saturated rings. The summed E-state index contributed by atoms with van der Waals surface area (Å²) < 4.78 is 24.4. The van der Waals surface area contributed by atoms with Crippen molar-refractivity contribution in [3.8, 4) is 11.5 Å². The first-order chi connectivity index (χ1) is 7.80. The second-order valence-electron chi connectivity index (χ2n) is 4.90. The molecule has 3 nitrogen and oxygen atoms in total. The van der Waals surface area contributed by atoms with Crippen LogP contribution in [0.15, 0.2) is 6.07 Å². The zero-order chi connectivity index (χ0) is 13.2. The summed E-state index contributed by atoms with van der Waals surface area (Å²) >= 11 is 0. The predicted molar refractivity (Wildman–Crippen MR) is 66.2 cm³/mol. The average Bonchev–Trinajstić information content (AvgIpc) is 2.20. The van der Waals surface area contributed by atoms with Gasteiger partial charge >= 0.3 is 0 Å². The molecule has 1 aromatic rings. The van der Waals surface area contributed by atoms with Crippen LogP contribution in [0.2, 0.25) is 0 Å². The number of hydrogen-bond donors (Lipinski definition) is 1. The highest BCUT2D eigenvalue weighted by Gasteiger charge is 2.21. The van der Waals surface area contributed by atoms with Crippen LogP contribution in [0.1, 0.15) is 25.0 Å². The van der Waals surface area contributed by atoms with Gasteiger partial charge in [-0.25, -0.2) is 4.39 Å². The van der Waals surface area contributed by atoms with E-state index in [1.807, 2.05) is 20.8 Å². The highest BCUT2D eigenvalue weighted by Crippen LogP contribution is 2.36. The van der Waals surface area contributed by atoms with Crippen molar-refractivity contribution in [2.24, 2.45) is 5.73 Å². The van der Waals surface area contributed by atoms with E-state index in [-0.39, 0.29) is 5.75 Å². The largest absolute Gasteiger partial charge is 0.492 e. The Hall–Kier alpha value is -1.29. The van der Waals surface area contributed by atoms with Gasteiger partial charge in [-0.05, 0) is 44.4 Å². The SMILES string of the molecule is COc1c(C)cc(CC(C)(C)N)c(F)c1OC. The van der Waals surface area contributed by atoms with Crippen molar-refractivity contribution < 1.29 is 13.9 Å². The van der Waals surface area contributed by atoms with E-state index in [9.17, 15) is 4.39 Å². The van der Waals surface area contributed by atoms with Crippen LogP contribution in [0.3, 0.4) is 0 Å². The first kappa shape index (κ1) is 13.8. The Bertz CT molecular complexity index is 411. The highest BCUT2D eigenvalue weighted by molar-refractivity contribution is 5.50. The third-order valence-corrected chi connectivity index (χ3v) is 2.49. The van der Waals surface area contributed by atoms with Gasteiger partial charge in [0, 0.05) is 5.54 Å². The first-order valence-corrected chi connectivity index (χ1v) is 5.49. The van der Waals surface area contributed by atoms with E-state index in [1.54, 1.807) is 6.07 Å². The lowest BCUT2D eigenvalue weighted by Gasteiger charge is -2.21. The minimum atomic E-state index is -0.465. The van der Waals surface area contributed by atoms with E-state index in [1.165, 1.54) is 14.2 Å². The second kappa shape index (κ2) is 4.92. The van der Waals surface area contributed by atoms with Gasteiger partial charge in [-0.3, -0.25) is 0 Å². The van der Waals surface area contributed by atoms with Crippen molar-refractivity contribution in [3.05, 3.63) is 23.0 Å². The molecule has 2 N–H and O–H groups in total. The van der Waals surface area contributed by atoms with Crippen LogP contribution in [-0.2, 0) is 6.42 Å². The molecule has 1 rings (SSSR count). The summed E-state index contributed by atoms with van der Waals surface area (Å²) in [5.74, 6) is 0.184. The van der Waals surface area contributed by atoms with Gasteiger partial charge in [0.15, 0.2) is 17.3 Å². The number of benzene rings is 1. The monoisotopic (exact) mass is 241 g/mol. The fraction of sp³-hybridized carbons (Fsp3) is 0.538. The van der Waals surface area contributed by atoms with Gasteiger partial charge in [0.1, 0.15) is 0 Å². The Morgan fingerprint density at radius 1 is 1.24 bits per heavy atom. The number of halogens is 1. The van der Waals surface area contributed by atoms with Gasteiger partial charge in [-0.2, -0.15) is 0 Å². The molecule has 0 aliphatic rings. The van der Waals surface area contributed by atoms with E-state index < -0.39 is 11.4 Å². The van der Waals surface area contributed by atoms with Crippen LogP contribution in [0, 0.1) is 12.7 Å². The molecule has 96 valence electrons. The Morgan fingerprint density at radius 3 is 2.18 bits per heavy atom. The molecule has 0 saturated heterocycles. The summed E-state index contributed by atoms with van der Waals surface area (Å²) in [6.07, 6.45) is 0.444. The zero-order valence-corrected chi connectivity index (χ0v) is 11.1. The van der Waals surface area contributed by atoms with Gasteiger partial charge < -0.3 is 15.2 Å². The standard InChI is InChI=1S/C13H20FNO2/c1-8-6-9(7-13(2,3)15)10(14)12(17-5)11(8)16-4/h6H,7,15H2,1-5H3. The lowest BCUT2D eigenvalue weighted by molar-refractivity contribution is 0.332. The van der Waals surface area contributed by atoms with Crippen molar-refractivity contribution in [2.75, 3.05) is 14.2 Å². The number of ether oxygens (including phenoxy) is 2. The summed E-state index contributed by atoms with van der Waals surface area (Å²) in [5, 5.41) is 0. The van der Waals surface area contributed by atoms with Crippen LogP contribution in [-0.4, -0.2) is 19.8 Å². The van der Waals surface area contributed by atoms with Gasteiger partial charge in [0.05, 0.1) is 14.2 Å². The molecule has 0 amide bonds. The van der Waals surface area contributed by atoms with Gasteiger partial charge in [-0.1, -0.05) is 0 Å². The number of rotatable bonds is 4. The number of nitrogens with two attached hydrogens (primary N) is 1. The molecule has 1 aromatic carbocycles. The van der Waals surface area contributed by atoms with E-state index >= 15 is 0 Å². The topological polar surface area (TPSA) is 44.5 Å². The van der Waals surface area contributed by atoms with Gasteiger partial charge in [0.2, 0.25) is 0 Å². The first-order valence-electron chi connectivity index (χ1n) is 5.49. The lowest BCUT2D eigenvalue weighted by Crippen LogP contribution is -2.34. The van der Waals surface area contributed by atoms with Crippen molar-refractivity contribution in [2.45, 2.75) is 32.7 Å². The summed E-state index contributed by atoms with van der Waals surface area (Å²) in [4.78, 5) is 0. The van der Waals surface area contributed by atoms with Crippen molar-refractivity contribution in [1.29, 1.82) is 0 Å². The van der Waals surface area contributed by atoms with E-state index in [4.69, 9.17) is 15.2 Å². The minimum absolute atomic E-state index is 0.145. The number of hydrogen-bond acceptors (Lipinski definition) is 3. The Labute approximate surface area is 102 Å². The molecule has 0 saturated carbocycles. The summed E-state index contributed by atoms with van der Waals surface area (Å²) in [6, 6.07) is 1.76. The normalized spacial score (nSPS) is 11.5. The molecule has 0 unspecified atom stereocenters. The second-order valence-corrected chi connectivity index (χ2v) is 4.90. The molecule has 0 heterocycles. The molecule has 0 spiro atoms. The zero-order valence-electron chi connectivity index (χ0n) is 11.1. The number of aryl methyl sites for hydroxylation is 1. The molecule has 4 heteroatoms. The van der Waals surface area contributed by atoms with E-state index in [0.29, 0.717) is 17.7 Å². The lowest BCUT2D eigenvalue weighted by atomic mass is 9.94. The van der Waals surface area contributed by atoms with Crippen LogP contribution < -0.4 is 15.2 Å². The van der Waals surface area contributed by atoms with Crippen molar-refractivity contribution in [3.63, 3.8) is 0 Å². The smallest absolute Gasteiger partial charge is 0.197 e. The fourth-order valence-electron chi connectivity index (χ4n) is 1.87.